The molecule has 3 amide bonds. The second-order valence-electron chi connectivity index (χ2n) is 14.1. The Morgan fingerprint density at radius 2 is 1.77 bits per heavy atom. The van der Waals surface area contributed by atoms with Crippen LogP contribution in [0.2, 0.25) is 0 Å². The Morgan fingerprint density at radius 1 is 1.08 bits per heavy atom. The van der Waals surface area contributed by atoms with Gasteiger partial charge in [0, 0.05) is 44.1 Å². The number of nitrogens with zero attached hydrogens (tertiary/aromatic N) is 1. The third kappa shape index (κ3) is 14.1. The normalized spacial score (nSPS) is 27.9. The molecule has 5 N–H and O–H groups in total. The fraction of sp³-hybridized carbons (Fsp3) is 0.564. The van der Waals surface area contributed by atoms with Crippen molar-refractivity contribution in [1.82, 2.24) is 21.1 Å². The minimum atomic E-state index is -1.43. The first-order valence-corrected chi connectivity index (χ1v) is 18.1. The Bertz CT molecular complexity index is 1500. The lowest BCUT2D eigenvalue weighted by Crippen LogP contribution is -2.58. The summed E-state index contributed by atoms with van der Waals surface area (Å²) in [7, 11) is 0. The molecule has 0 radical (unpaired) electrons. The molecule has 1 fully saturated rings. The van der Waals surface area contributed by atoms with Gasteiger partial charge in [0.15, 0.2) is 0 Å². The third-order valence-electron chi connectivity index (χ3n) is 9.24. The Labute approximate surface area is 311 Å². The van der Waals surface area contributed by atoms with E-state index < -0.39 is 71.7 Å². The van der Waals surface area contributed by atoms with Crippen LogP contribution in [0.5, 0.6) is 0 Å². The number of nitrogens with one attached hydrogen (secondary N) is 3. The quantitative estimate of drug-likeness (QED) is 0.0952. The number of hydrazine groups is 1. The molecule has 0 saturated carbocycles. The summed E-state index contributed by atoms with van der Waals surface area (Å²) in [4.78, 5) is 90.5. The average Bonchev–Trinajstić information content (AvgIpc) is 3.10. The highest BCUT2D eigenvalue weighted by atomic mass is 16.5. The van der Waals surface area contributed by atoms with Gasteiger partial charge in [0.05, 0.1) is 18.1 Å². The summed E-state index contributed by atoms with van der Waals surface area (Å²) in [6.07, 6.45) is 7.81. The molecule has 7 unspecified atom stereocenters. The predicted octanol–water partition coefficient (Wildman–Crippen LogP) is 2.67. The molecule has 53 heavy (non-hydrogen) atoms. The van der Waals surface area contributed by atoms with Crippen molar-refractivity contribution in [3.05, 3.63) is 60.1 Å². The summed E-state index contributed by atoms with van der Waals surface area (Å²) in [6.45, 7) is 13.2. The number of allylic oxidation sites excluding steroid dienone is 6. The van der Waals surface area contributed by atoms with Crippen LogP contribution >= 0.6 is 0 Å². The molecule has 0 spiro atoms. The van der Waals surface area contributed by atoms with Crippen molar-refractivity contribution in [2.24, 2.45) is 23.7 Å². The molecule has 1 saturated heterocycles. The lowest BCUT2D eigenvalue weighted by molar-refractivity contribution is -0.148. The maximum atomic E-state index is 14.1. The van der Waals surface area contributed by atoms with Crippen LogP contribution in [0, 0.1) is 23.7 Å². The van der Waals surface area contributed by atoms with Crippen LogP contribution in [0.25, 0.3) is 0 Å². The molecule has 0 aromatic heterocycles. The van der Waals surface area contributed by atoms with Gasteiger partial charge in [-0.15, -0.1) is 6.58 Å². The Balaban J connectivity index is 2.69. The summed E-state index contributed by atoms with van der Waals surface area (Å²) < 4.78 is 5.75. The number of aldehydes is 1. The van der Waals surface area contributed by atoms with Crippen LogP contribution in [-0.4, -0.2) is 87.6 Å². The molecule has 292 valence electrons. The molecule has 7 atom stereocenters. The largest absolute Gasteiger partial charge is 0.430 e. The molecule has 14 heteroatoms. The topological polar surface area (TPSA) is 209 Å². The lowest BCUT2D eigenvalue weighted by atomic mass is 9.84. The van der Waals surface area contributed by atoms with Crippen LogP contribution in [0.15, 0.2) is 60.1 Å². The number of hydrogen-bond acceptors (Lipinski definition) is 11. The second-order valence-corrected chi connectivity index (χ2v) is 14.1. The lowest BCUT2D eigenvalue weighted by Gasteiger charge is -2.34. The first-order chi connectivity index (χ1) is 25.0. The summed E-state index contributed by atoms with van der Waals surface area (Å²) in [5.74, 6) is -6.32. The fourth-order valence-corrected chi connectivity index (χ4v) is 5.90. The van der Waals surface area contributed by atoms with Gasteiger partial charge in [0.25, 0.3) is 5.91 Å². The number of amides is 3. The number of aliphatic hydroxyl groups is 2. The van der Waals surface area contributed by atoms with E-state index in [9.17, 15) is 43.8 Å². The van der Waals surface area contributed by atoms with Gasteiger partial charge in [-0.2, -0.15) is 0 Å². The van der Waals surface area contributed by atoms with Gasteiger partial charge in [-0.25, -0.2) is 10.2 Å². The van der Waals surface area contributed by atoms with E-state index in [0.717, 1.165) is 0 Å². The minimum absolute atomic E-state index is 0.0114. The van der Waals surface area contributed by atoms with Crippen LogP contribution in [0.1, 0.15) is 86.5 Å². The molecule has 0 aromatic carbocycles. The van der Waals surface area contributed by atoms with Crippen LogP contribution in [0.3, 0.4) is 0 Å². The maximum Gasteiger partial charge on any atom is 0.330 e. The molecule has 2 aliphatic heterocycles. The van der Waals surface area contributed by atoms with Crippen molar-refractivity contribution < 1.29 is 48.5 Å². The van der Waals surface area contributed by atoms with Crippen molar-refractivity contribution in [3.8, 4) is 0 Å². The zero-order valence-corrected chi connectivity index (χ0v) is 31.6. The second kappa shape index (κ2) is 21.9. The first kappa shape index (κ1) is 44.6. The van der Waals surface area contributed by atoms with Crippen molar-refractivity contribution in [2.75, 3.05) is 6.54 Å². The number of Topliss-reactive ketones (excluding diaryl/α,β-unsaturated/α-hetero) is 2. The van der Waals surface area contributed by atoms with Gasteiger partial charge < -0.3 is 35.2 Å². The van der Waals surface area contributed by atoms with E-state index in [2.05, 4.69) is 22.6 Å². The van der Waals surface area contributed by atoms with Crippen molar-refractivity contribution in [2.45, 2.75) is 111 Å². The average molecular weight is 741 g/mol. The Kier molecular flexibility index (Phi) is 18.4. The van der Waals surface area contributed by atoms with E-state index in [1.165, 1.54) is 43.2 Å². The van der Waals surface area contributed by atoms with Crippen LogP contribution in [-0.2, 0) is 38.3 Å². The number of carbonyl (C=O) groups excluding carboxylic acids is 7. The van der Waals surface area contributed by atoms with Gasteiger partial charge in [-0.3, -0.25) is 24.2 Å². The highest BCUT2D eigenvalue weighted by molar-refractivity contribution is 5.99. The van der Waals surface area contributed by atoms with Crippen molar-refractivity contribution in [1.29, 1.82) is 0 Å². The summed E-state index contributed by atoms with van der Waals surface area (Å²) in [6, 6.07) is -2.18. The smallest absolute Gasteiger partial charge is 0.330 e. The predicted molar refractivity (Wildman–Crippen MR) is 197 cm³/mol. The van der Waals surface area contributed by atoms with Crippen LogP contribution < -0.4 is 16.1 Å². The molecule has 2 bridgehead atoms. The number of rotatable bonds is 10. The third-order valence-corrected chi connectivity index (χ3v) is 9.24. The molecule has 2 rings (SSSR count). The number of aliphatic hydroxyl groups excluding tert-OH is 2. The molecule has 2 aliphatic rings. The first-order valence-electron chi connectivity index (χ1n) is 18.1. The number of ketones is 2. The molecular weight excluding hydrogens is 684 g/mol. The number of carbonyl (C=O) groups is 7. The van der Waals surface area contributed by atoms with E-state index in [-0.39, 0.29) is 61.7 Å². The summed E-state index contributed by atoms with van der Waals surface area (Å²) in [5.41, 5.74) is 3.18. The number of hydrogen-bond donors (Lipinski definition) is 5. The number of esters is 1. The number of fused-ring (bicyclic) bond motifs is 2. The van der Waals surface area contributed by atoms with E-state index in [1.54, 1.807) is 39.8 Å². The monoisotopic (exact) mass is 740 g/mol. The van der Waals surface area contributed by atoms with E-state index in [4.69, 9.17) is 4.74 Å². The standard InChI is InChI=1S/C39H56N4O10/c1-8-28(21-26(6)46)22-31-38(51)43-19-12-13-30(42-43)39(52)53-33(24(4)18-20-44)15-11-9-10-14-32(47)27(7)35(48)29(17-16-25(5)45)36(49)41-34(23(2)3)37(50)40-31/h8-11,14,20,22-23,27-30,32,34-35,42,47-48H,1,12-13,15-19,21H2,2-7H3,(H,40,50)(H,41,49)/b11-9?,14-10?,31-22+,33-24-. The zero-order valence-electron chi connectivity index (χ0n) is 31.6. The van der Waals surface area contributed by atoms with Crippen molar-refractivity contribution >= 4 is 41.5 Å². The summed E-state index contributed by atoms with van der Waals surface area (Å²) >= 11 is 0. The maximum absolute atomic E-state index is 14.1. The molecule has 2 heterocycles. The zero-order chi connectivity index (χ0) is 39.8. The molecule has 0 aliphatic carbocycles. The van der Waals surface area contributed by atoms with Crippen molar-refractivity contribution in [3.63, 3.8) is 0 Å². The van der Waals surface area contributed by atoms with Gasteiger partial charge in [-0.1, -0.05) is 51.2 Å². The summed E-state index contributed by atoms with van der Waals surface area (Å²) in [5, 5.41) is 28.8. The molecule has 0 aromatic rings. The van der Waals surface area contributed by atoms with E-state index >= 15 is 0 Å². The highest BCUT2D eigenvalue weighted by Crippen LogP contribution is 2.24. The highest BCUT2D eigenvalue weighted by Gasteiger charge is 2.37. The fourth-order valence-electron chi connectivity index (χ4n) is 5.90. The van der Waals surface area contributed by atoms with Gasteiger partial charge in [0.2, 0.25) is 11.8 Å². The van der Waals surface area contributed by atoms with E-state index in [1.807, 2.05) is 0 Å². The van der Waals surface area contributed by atoms with Crippen LogP contribution in [0.4, 0.5) is 0 Å². The SMILES string of the molecule is C=CC(/C=C1/NC(=O)C(C(C)C)NC(=O)C(CCC(C)=O)C(O)C(C)C(O)C=CC=CC/C(=C(\C)CC=O)OC(=O)C2CCCN(N2)C1=O)CC(C)=O. The van der Waals surface area contributed by atoms with Gasteiger partial charge >= 0.3 is 5.97 Å². The van der Waals surface area contributed by atoms with Gasteiger partial charge in [-0.05, 0) is 57.6 Å². The Hall–Kier alpha value is -4.53. The minimum Gasteiger partial charge on any atom is -0.430 e. The Morgan fingerprint density at radius 3 is 2.38 bits per heavy atom. The van der Waals surface area contributed by atoms with E-state index in [0.29, 0.717) is 24.7 Å². The molecule has 14 nitrogen and oxygen atoms in total. The van der Waals surface area contributed by atoms with Gasteiger partial charge in [0.1, 0.15) is 41.4 Å². The number of ether oxygens (including phenoxy) is 1. The number of cyclic esters (lactones) is 1. The molecular formula is C39H56N4O10.